The SMILES string of the molecule is CCn1nc(C)c(Br)c1CC(CC)(CO)CO. The highest BCUT2D eigenvalue weighted by molar-refractivity contribution is 9.10. The average Bonchev–Trinajstić information content (AvgIpc) is 2.63. The van der Waals surface area contributed by atoms with Crippen LogP contribution in [0, 0.1) is 12.3 Å². The van der Waals surface area contributed by atoms with Crippen LogP contribution in [-0.2, 0) is 13.0 Å². The standard InChI is InChI=1S/C12H21BrN2O2/c1-4-12(7-16,8-17)6-10-11(13)9(3)14-15(10)5-2/h16-17H,4-8H2,1-3H3. The van der Waals surface area contributed by atoms with Crippen LogP contribution in [0.5, 0.6) is 0 Å². The van der Waals surface area contributed by atoms with Gasteiger partial charge in [-0.2, -0.15) is 5.10 Å². The van der Waals surface area contributed by atoms with E-state index in [1.165, 1.54) is 0 Å². The van der Waals surface area contributed by atoms with Gasteiger partial charge in [-0.15, -0.1) is 0 Å². The summed E-state index contributed by atoms with van der Waals surface area (Å²) in [5, 5.41) is 23.4. The van der Waals surface area contributed by atoms with E-state index in [-0.39, 0.29) is 13.2 Å². The molecule has 0 bridgehead atoms. The first-order chi connectivity index (χ1) is 8.03. The van der Waals surface area contributed by atoms with Gasteiger partial charge in [0.25, 0.3) is 0 Å². The molecule has 0 aliphatic carbocycles. The summed E-state index contributed by atoms with van der Waals surface area (Å²) in [4.78, 5) is 0. The van der Waals surface area contributed by atoms with Gasteiger partial charge in [0.2, 0.25) is 0 Å². The largest absolute Gasteiger partial charge is 0.396 e. The van der Waals surface area contributed by atoms with Crippen molar-refractivity contribution < 1.29 is 10.2 Å². The van der Waals surface area contributed by atoms with E-state index in [0.717, 1.165) is 28.8 Å². The molecule has 1 aromatic heterocycles. The summed E-state index contributed by atoms with van der Waals surface area (Å²) in [7, 11) is 0. The lowest BCUT2D eigenvalue weighted by Gasteiger charge is -2.28. The highest BCUT2D eigenvalue weighted by Gasteiger charge is 2.30. The number of aliphatic hydroxyl groups excluding tert-OH is 2. The molecule has 0 amide bonds. The Morgan fingerprint density at radius 1 is 1.29 bits per heavy atom. The highest BCUT2D eigenvalue weighted by atomic mass is 79.9. The summed E-state index contributed by atoms with van der Waals surface area (Å²) in [6, 6.07) is 0. The zero-order valence-corrected chi connectivity index (χ0v) is 12.3. The predicted octanol–water partition coefficient (Wildman–Crippen LogP) is 1.90. The Kier molecular flexibility index (Phi) is 5.16. The monoisotopic (exact) mass is 304 g/mol. The molecule has 0 aromatic carbocycles. The van der Waals surface area contributed by atoms with Crippen molar-refractivity contribution in [3.63, 3.8) is 0 Å². The van der Waals surface area contributed by atoms with E-state index in [0.29, 0.717) is 6.42 Å². The van der Waals surface area contributed by atoms with Gasteiger partial charge in [-0.1, -0.05) is 6.92 Å². The van der Waals surface area contributed by atoms with E-state index in [1.807, 2.05) is 25.5 Å². The third-order valence-corrected chi connectivity index (χ3v) is 4.45. The molecule has 0 unspecified atom stereocenters. The lowest BCUT2D eigenvalue weighted by molar-refractivity contribution is 0.0496. The van der Waals surface area contributed by atoms with Crippen LogP contribution in [-0.4, -0.2) is 33.2 Å². The number of nitrogens with zero attached hydrogens (tertiary/aromatic N) is 2. The van der Waals surface area contributed by atoms with Crippen molar-refractivity contribution in [1.29, 1.82) is 0 Å². The maximum Gasteiger partial charge on any atom is 0.0738 e. The van der Waals surface area contributed by atoms with Crippen LogP contribution in [0.1, 0.15) is 31.7 Å². The van der Waals surface area contributed by atoms with E-state index >= 15 is 0 Å². The van der Waals surface area contributed by atoms with Gasteiger partial charge >= 0.3 is 0 Å². The average molecular weight is 305 g/mol. The topological polar surface area (TPSA) is 58.3 Å². The van der Waals surface area contributed by atoms with Gasteiger partial charge in [0.1, 0.15) is 0 Å². The molecule has 1 aromatic rings. The molecule has 1 rings (SSSR count). The minimum Gasteiger partial charge on any atom is -0.396 e. The highest BCUT2D eigenvalue weighted by Crippen LogP contribution is 2.31. The second-order valence-electron chi connectivity index (χ2n) is 4.51. The third kappa shape index (κ3) is 2.89. The lowest BCUT2D eigenvalue weighted by Crippen LogP contribution is -2.32. The second-order valence-corrected chi connectivity index (χ2v) is 5.30. The first kappa shape index (κ1) is 14.7. The molecule has 0 aliphatic rings. The normalized spacial score (nSPS) is 12.1. The summed E-state index contributed by atoms with van der Waals surface area (Å²) >= 11 is 3.54. The van der Waals surface area contributed by atoms with Gasteiger partial charge in [0.15, 0.2) is 0 Å². The fourth-order valence-corrected chi connectivity index (χ4v) is 2.33. The molecular formula is C12H21BrN2O2. The first-order valence-corrected chi connectivity index (χ1v) is 6.76. The molecular weight excluding hydrogens is 284 g/mol. The van der Waals surface area contributed by atoms with Crippen molar-refractivity contribution >= 4 is 15.9 Å². The van der Waals surface area contributed by atoms with Crippen LogP contribution < -0.4 is 0 Å². The zero-order valence-electron chi connectivity index (χ0n) is 10.7. The van der Waals surface area contributed by atoms with Crippen LogP contribution in [0.4, 0.5) is 0 Å². The number of hydrogen-bond donors (Lipinski definition) is 2. The molecule has 2 N–H and O–H groups in total. The van der Waals surface area contributed by atoms with Crippen LogP contribution >= 0.6 is 15.9 Å². The maximum absolute atomic E-state index is 9.49. The molecule has 5 heteroatoms. The Morgan fingerprint density at radius 3 is 2.29 bits per heavy atom. The van der Waals surface area contributed by atoms with E-state index in [4.69, 9.17) is 0 Å². The van der Waals surface area contributed by atoms with Crippen LogP contribution in [0.25, 0.3) is 0 Å². The molecule has 0 spiro atoms. The maximum atomic E-state index is 9.49. The third-order valence-electron chi connectivity index (χ3n) is 3.42. The van der Waals surface area contributed by atoms with Crippen molar-refractivity contribution in [1.82, 2.24) is 9.78 Å². The number of aliphatic hydroxyl groups is 2. The number of halogens is 1. The quantitative estimate of drug-likeness (QED) is 0.844. The number of aromatic nitrogens is 2. The summed E-state index contributed by atoms with van der Waals surface area (Å²) in [5.41, 5.74) is 1.54. The minimum absolute atomic E-state index is 0.0135. The van der Waals surface area contributed by atoms with Gasteiger partial charge in [0, 0.05) is 18.4 Å². The summed E-state index contributed by atoms with van der Waals surface area (Å²) in [6.07, 6.45) is 1.37. The van der Waals surface area contributed by atoms with Gasteiger partial charge in [-0.05, 0) is 36.2 Å². The van der Waals surface area contributed by atoms with E-state index < -0.39 is 5.41 Å². The Hall–Kier alpha value is -0.390. The molecule has 17 heavy (non-hydrogen) atoms. The summed E-state index contributed by atoms with van der Waals surface area (Å²) < 4.78 is 2.91. The Labute approximate surface area is 111 Å². The molecule has 98 valence electrons. The summed E-state index contributed by atoms with van der Waals surface area (Å²) in [6.45, 7) is 6.73. The molecule has 0 fully saturated rings. The summed E-state index contributed by atoms with van der Waals surface area (Å²) in [5.74, 6) is 0. The Morgan fingerprint density at radius 2 is 1.88 bits per heavy atom. The molecule has 0 radical (unpaired) electrons. The second kappa shape index (κ2) is 5.98. The molecule has 0 saturated carbocycles. The van der Waals surface area contributed by atoms with Crippen molar-refractivity contribution in [3.05, 3.63) is 15.9 Å². The smallest absolute Gasteiger partial charge is 0.0738 e. The van der Waals surface area contributed by atoms with Crippen LogP contribution in [0.15, 0.2) is 4.47 Å². The Bertz CT molecular complexity index is 365. The van der Waals surface area contributed by atoms with Gasteiger partial charge in [-0.3, -0.25) is 4.68 Å². The molecule has 0 saturated heterocycles. The van der Waals surface area contributed by atoms with E-state index in [2.05, 4.69) is 21.0 Å². The fraction of sp³-hybridized carbons (Fsp3) is 0.750. The van der Waals surface area contributed by atoms with Crippen LogP contribution in [0.2, 0.25) is 0 Å². The van der Waals surface area contributed by atoms with Gasteiger partial charge < -0.3 is 10.2 Å². The van der Waals surface area contributed by atoms with Gasteiger partial charge in [-0.25, -0.2) is 0 Å². The number of rotatable bonds is 6. The lowest BCUT2D eigenvalue weighted by atomic mass is 9.82. The fourth-order valence-electron chi connectivity index (χ4n) is 1.90. The van der Waals surface area contributed by atoms with Crippen molar-refractivity contribution in [3.8, 4) is 0 Å². The van der Waals surface area contributed by atoms with Crippen molar-refractivity contribution in [2.45, 2.75) is 40.2 Å². The minimum atomic E-state index is -0.456. The van der Waals surface area contributed by atoms with Crippen molar-refractivity contribution in [2.75, 3.05) is 13.2 Å². The number of aryl methyl sites for hydroxylation is 2. The molecule has 0 aliphatic heterocycles. The Balaban J connectivity index is 3.08. The van der Waals surface area contributed by atoms with Crippen LogP contribution in [0.3, 0.4) is 0 Å². The zero-order chi connectivity index (χ0) is 13.1. The van der Waals surface area contributed by atoms with Gasteiger partial charge in [0.05, 0.1) is 29.1 Å². The number of hydrogen-bond acceptors (Lipinski definition) is 3. The molecule has 1 heterocycles. The van der Waals surface area contributed by atoms with E-state index in [9.17, 15) is 10.2 Å². The van der Waals surface area contributed by atoms with Crippen molar-refractivity contribution in [2.24, 2.45) is 5.41 Å². The first-order valence-electron chi connectivity index (χ1n) is 5.97. The van der Waals surface area contributed by atoms with E-state index in [1.54, 1.807) is 0 Å². The predicted molar refractivity (Wildman–Crippen MR) is 70.9 cm³/mol. The molecule has 0 atom stereocenters. The molecule has 4 nitrogen and oxygen atoms in total.